The first-order valence-corrected chi connectivity index (χ1v) is 7.12. The second kappa shape index (κ2) is 4.98. The number of nitrogens with one attached hydrogen (secondary N) is 1. The van der Waals surface area contributed by atoms with Crippen LogP contribution in [0, 0.1) is 16.7 Å². The molecule has 102 valence electrons. The maximum atomic E-state index is 9.49. The minimum Gasteiger partial charge on any atom is -0.312 e. The van der Waals surface area contributed by atoms with Crippen LogP contribution >= 0.6 is 0 Å². The van der Waals surface area contributed by atoms with Gasteiger partial charge in [-0.3, -0.25) is 0 Å². The number of nitriles is 1. The monoisotopic (exact) mass is 256 g/mol. The van der Waals surface area contributed by atoms with Gasteiger partial charge in [-0.2, -0.15) is 5.26 Å². The van der Waals surface area contributed by atoms with Crippen molar-refractivity contribution in [2.24, 2.45) is 5.41 Å². The zero-order valence-corrected chi connectivity index (χ0v) is 12.5. The first kappa shape index (κ1) is 14.1. The zero-order valence-electron chi connectivity index (χ0n) is 12.5. The fourth-order valence-electron chi connectivity index (χ4n) is 2.96. The number of hydrogen-bond donors (Lipinski definition) is 1. The Morgan fingerprint density at radius 1 is 1.21 bits per heavy atom. The molecule has 1 N–H and O–H groups in total. The summed E-state index contributed by atoms with van der Waals surface area (Å²) in [7, 11) is 1.96. The molecule has 2 heteroatoms. The normalized spacial score (nSPS) is 19.3. The highest BCUT2D eigenvalue weighted by atomic mass is 14.9. The highest BCUT2D eigenvalue weighted by molar-refractivity contribution is 5.32. The summed E-state index contributed by atoms with van der Waals surface area (Å²) in [5, 5.41) is 12.8. The Kier molecular flexibility index (Phi) is 3.69. The van der Waals surface area contributed by atoms with Crippen LogP contribution in [-0.2, 0) is 5.41 Å². The molecule has 1 aliphatic rings. The van der Waals surface area contributed by atoms with E-state index in [0.29, 0.717) is 0 Å². The molecule has 1 saturated carbocycles. The van der Waals surface area contributed by atoms with Gasteiger partial charge in [-0.05, 0) is 36.4 Å². The lowest BCUT2D eigenvalue weighted by Crippen LogP contribution is -2.40. The van der Waals surface area contributed by atoms with E-state index in [4.69, 9.17) is 0 Å². The summed E-state index contributed by atoms with van der Waals surface area (Å²) >= 11 is 0. The molecule has 1 unspecified atom stereocenters. The minimum atomic E-state index is -0.196. The van der Waals surface area contributed by atoms with Gasteiger partial charge < -0.3 is 5.32 Å². The van der Waals surface area contributed by atoms with Crippen LogP contribution in [0.1, 0.15) is 57.2 Å². The molecule has 0 aromatic heterocycles. The van der Waals surface area contributed by atoms with Crippen LogP contribution in [0.4, 0.5) is 0 Å². The second-order valence-corrected chi connectivity index (χ2v) is 6.72. The zero-order chi connectivity index (χ0) is 14.1. The molecule has 1 fully saturated rings. The van der Waals surface area contributed by atoms with Crippen molar-refractivity contribution in [3.63, 3.8) is 0 Å². The Morgan fingerprint density at radius 2 is 1.79 bits per heavy atom. The van der Waals surface area contributed by atoms with Gasteiger partial charge in [0.1, 0.15) is 0 Å². The molecule has 1 atom stereocenters. The lowest BCUT2D eigenvalue weighted by Gasteiger charge is -2.42. The van der Waals surface area contributed by atoms with E-state index >= 15 is 0 Å². The van der Waals surface area contributed by atoms with E-state index in [1.54, 1.807) is 0 Å². The molecular formula is C17H24N2. The Bertz CT molecular complexity index is 469. The smallest absolute Gasteiger partial charge is 0.0768 e. The van der Waals surface area contributed by atoms with Crippen LogP contribution in [0.2, 0.25) is 0 Å². The van der Waals surface area contributed by atoms with Gasteiger partial charge in [-0.15, -0.1) is 0 Å². The van der Waals surface area contributed by atoms with Gasteiger partial charge in [0.05, 0.1) is 17.5 Å². The Balaban J connectivity index is 2.28. The molecule has 0 aliphatic heterocycles. The molecule has 0 radical (unpaired) electrons. The molecule has 2 rings (SSSR count). The standard InChI is InChI=1S/C17H24N2/c1-16(2,3)14-8-6-13(7-9-14)15(19-4)17(12-18)10-5-11-17/h6-9,15,19H,5,10-11H2,1-4H3. The summed E-state index contributed by atoms with van der Waals surface area (Å²) in [6.45, 7) is 6.67. The minimum absolute atomic E-state index is 0.153. The number of nitrogens with zero attached hydrogens (tertiary/aromatic N) is 1. The van der Waals surface area contributed by atoms with Crippen molar-refractivity contribution in [2.45, 2.75) is 51.5 Å². The Morgan fingerprint density at radius 3 is 2.11 bits per heavy atom. The summed E-state index contributed by atoms with van der Waals surface area (Å²) in [6.07, 6.45) is 3.19. The molecule has 1 aromatic rings. The van der Waals surface area contributed by atoms with E-state index in [9.17, 15) is 5.26 Å². The summed E-state index contributed by atoms with van der Waals surface area (Å²) in [5.74, 6) is 0. The van der Waals surface area contributed by atoms with Crippen molar-refractivity contribution in [2.75, 3.05) is 7.05 Å². The number of hydrogen-bond acceptors (Lipinski definition) is 2. The highest BCUT2D eigenvalue weighted by Crippen LogP contribution is 2.49. The quantitative estimate of drug-likeness (QED) is 0.889. The predicted molar refractivity (Wildman–Crippen MR) is 78.8 cm³/mol. The molecule has 0 spiro atoms. The van der Waals surface area contributed by atoms with Gasteiger partial charge in [0, 0.05) is 0 Å². The number of rotatable bonds is 3. The van der Waals surface area contributed by atoms with Crippen LogP contribution < -0.4 is 5.32 Å². The molecule has 1 aromatic carbocycles. The molecule has 19 heavy (non-hydrogen) atoms. The van der Waals surface area contributed by atoms with E-state index in [2.05, 4.69) is 56.4 Å². The van der Waals surface area contributed by atoms with E-state index in [0.717, 1.165) is 12.8 Å². The fraction of sp³-hybridized carbons (Fsp3) is 0.588. The van der Waals surface area contributed by atoms with E-state index < -0.39 is 0 Å². The van der Waals surface area contributed by atoms with Crippen molar-refractivity contribution >= 4 is 0 Å². The average molecular weight is 256 g/mol. The Hall–Kier alpha value is -1.33. The molecular weight excluding hydrogens is 232 g/mol. The summed E-state index contributed by atoms with van der Waals surface area (Å²) in [4.78, 5) is 0. The van der Waals surface area contributed by atoms with E-state index in [1.807, 2.05) is 7.05 Å². The van der Waals surface area contributed by atoms with Gasteiger partial charge in [-0.25, -0.2) is 0 Å². The van der Waals surface area contributed by atoms with Gasteiger partial charge in [0.15, 0.2) is 0 Å². The Labute approximate surface area is 116 Å². The molecule has 0 amide bonds. The molecule has 0 bridgehead atoms. The summed E-state index contributed by atoms with van der Waals surface area (Å²) < 4.78 is 0. The van der Waals surface area contributed by atoms with Crippen LogP contribution in [0.5, 0.6) is 0 Å². The average Bonchev–Trinajstić information content (AvgIpc) is 2.33. The summed E-state index contributed by atoms with van der Waals surface area (Å²) in [5.41, 5.74) is 2.55. The van der Waals surface area contributed by atoms with Crippen molar-refractivity contribution in [3.8, 4) is 6.07 Å². The van der Waals surface area contributed by atoms with Crippen LogP contribution in [0.25, 0.3) is 0 Å². The van der Waals surface area contributed by atoms with Crippen LogP contribution in [0.3, 0.4) is 0 Å². The third-order valence-corrected chi connectivity index (χ3v) is 4.42. The molecule has 1 aliphatic carbocycles. The number of benzene rings is 1. The van der Waals surface area contributed by atoms with Gasteiger partial charge in [-0.1, -0.05) is 51.5 Å². The van der Waals surface area contributed by atoms with Crippen molar-refractivity contribution in [3.05, 3.63) is 35.4 Å². The lowest BCUT2D eigenvalue weighted by atomic mass is 9.63. The first-order chi connectivity index (χ1) is 8.93. The first-order valence-electron chi connectivity index (χ1n) is 7.12. The van der Waals surface area contributed by atoms with Gasteiger partial charge in [0.25, 0.3) is 0 Å². The maximum absolute atomic E-state index is 9.49. The SMILES string of the molecule is CNC(c1ccc(C(C)(C)C)cc1)C1(C#N)CCC1. The molecule has 0 heterocycles. The highest BCUT2D eigenvalue weighted by Gasteiger charge is 2.44. The van der Waals surface area contributed by atoms with Crippen molar-refractivity contribution < 1.29 is 0 Å². The second-order valence-electron chi connectivity index (χ2n) is 6.72. The topological polar surface area (TPSA) is 35.8 Å². The van der Waals surface area contributed by atoms with Crippen molar-refractivity contribution in [1.29, 1.82) is 5.26 Å². The van der Waals surface area contributed by atoms with E-state index in [-0.39, 0.29) is 16.9 Å². The van der Waals surface area contributed by atoms with Gasteiger partial charge in [0.2, 0.25) is 0 Å². The van der Waals surface area contributed by atoms with Crippen LogP contribution in [-0.4, -0.2) is 7.05 Å². The fourth-order valence-corrected chi connectivity index (χ4v) is 2.96. The maximum Gasteiger partial charge on any atom is 0.0768 e. The third-order valence-electron chi connectivity index (χ3n) is 4.42. The third kappa shape index (κ3) is 2.53. The van der Waals surface area contributed by atoms with E-state index in [1.165, 1.54) is 17.5 Å². The van der Waals surface area contributed by atoms with Gasteiger partial charge >= 0.3 is 0 Å². The predicted octanol–water partition coefficient (Wildman–Crippen LogP) is 3.94. The summed E-state index contributed by atoms with van der Waals surface area (Å²) in [6, 6.07) is 11.5. The van der Waals surface area contributed by atoms with Crippen molar-refractivity contribution in [1.82, 2.24) is 5.32 Å². The molecule has 2 nitrogen and oxygen atoms in total. The largest absolute Gasteiger partial charge is 0.312 e. The van der Waals surface area contributed by atoms with Crippen LogP contribution in [0.15, 0.2) is 24.3 Å². The lowest BCUT2D eigenvalue weighted by molar-refractivity contribution is 0.149. The molecule has 0 saturated heterocycles.